The molecule has 1 atom stereocenters. The van der Waals surface area contributed by atoms with E-state index in [-0.39, 0.29) is 12.3 Å². The molecular weight excluding hydrogens is 418 g/mol. The molecular formula is C26H25N3O4. The zero-order valence-corrected chi connectivity index (χ0v) is 18.8. The number of anilines is 1. The minimum Gasteiger partial charge on any atom is -0.383 e. The van der Waals surface area contributed by atoms with E-state index >= 15 is 0 Å². The quantitative estimate of drug-likeness (QED) is 0.630. The number of hydrogen-bond acceptors (Lipinski definition) is 5. The second kappa shape index (κ2) is 8.01. The van der Waals surface area contributed by atoms with Gasteiger partial charge in [0.15, 0.2) is 5.78 Å². The lowest BCUT2D eigenvalue weighted by Crippen LogP contribution is -2.38. The number of allylic oxidation sites excluding steroid dienone is 1. The molecule has 0 amide bonds. The Balaban J connectivity index is 1.79. The molecule has 0 radical (unpaired) electrons. The molecule has 2 heterocycles. The molecule has 2 aromatic carbocycles. The smallest absolute Gasteiger partial charge is 0.330 e. The molecule has 0 saturated carbocycles. The molecule has 5 rings (SSSR count). The molecule has 7 heteroatoms. The number of ether oxygens (including phenoxy) is 1. The first-order valence-corrected chi connectivity index (χ1v) is 11.0. The summed E-state index contributed by atoms with van der Waals surface area (Å²) in [6, 6.07) is 15.4. The summed E-state index contributed by atoms with van der Waals surface area (Å²) in [5, 5.41) is 3.28. The maximum Gasteiger partial charge on any atom is 0.330 e. The monoisotopic (exact) mass is 443 g/mol. The molecule has 7 nitrogen and oxygen atoms in total. The zero-order valence-electron chi connectivity index (χ0n) is 18.8. The Morgan fingerprint density at radius 3 is 2.36 bits per heavy atom. The summed E-state index contributed by atoms with van der Waals surface area (Å²) < 4.78 is 6.66. The van der Waals surface area contributed by atoms with E-state index in [2.05, 4.69) is 24.1 Å². The third kappa shape index (κ3) is 3.27. The van der Waals surface area contributed by atoms with Crippen LogP contribution in [-0.2, 0) is 11.3 Å². The Morgan fingerprint density at radius 1 is 1.00 bits per heavy atom. The number of hydrogen-bond donors (Lipinski definition) is 2. The van der Waals surface area contributed by atoms with Gasteiger partial charge in [-0.15, -0.1) is 0 Å². The number of Topliss-reactive ketones (excluding diaryl/α,β-unsaturated/α-hetero) is 1. The maximum atomic E-state index is 13.5. The molecule has 1 unspecified atom stereocenters. The predicted molar refractivity (Wildman–Crippen MR) is 127 cm³/mol. The van der Waals surface area contributed by atoms with Gasteiger partial charge in [0.1, 0.15) is 5.82 Å². The summed E-state index contributed by atoms with van der Waals surface area (Å²) in [6.07, 6.45) is 0. The normalized spacial score (nSPS) is 16.5. The second-order valence-electron chi connectivity index (χ2n) is 8.71. The van der Waals surface area contributed by atoms with Gasteiger partial charge in [-0.05, 0) is 17.0 Å². The van der Waals surface area contributed by atoms with Crippen molar-refractivity contribution < 1.29 is 9.53 Å². The molecule has 33 heavy (non-hydrogen) atoms. The van der Waals surface area contributed by atoms with Crippen LogP contribution in [0.1, 0.15) is 58.3 Å². The van der Waals surface area contributed by atoms with Crippen molar-refractivity contribution in [1.82, 2.24) is 9.55 Å². The maximum absolute atomic E-state index is 13.5. The Hall–Kier alpha value is -3.71. The van der Waals surface area contributed by atoms with E-state index in [0.29, 0.717) is 40.7 Å². The lowest BCUT2D eigenvalue weighted by atomic mass is 9.81. The second-order valence-corrected chi connectivity index (χ2v) is 8.71. The average Bonchev–Trinajstić information content (AvgIpc) is 3.10. The lowest BCUT2D eigenvalue weighted by Gasteiger charge is -2.30. The summed E-state index contributed by atoms with van der Waals surface area (Å²) in [5.41, 5.74) is 3.90. The minimum absolute atomic E-state index is 0.106. The highest BCUT2D eigenvalue weighted by molar-refractivity contribution is 6.23. The van der Waals surface area contributed by atoms with Crippen LogP contribution < -0.4 is 16.6 Å². The Bertz CT molecular complexity index is 1410. The van der Waals surface area contributed by atoms with E-state index in [0.717, 1.165) is 11.1 Å². The Kier molecular flexibility index (Phi) is 5.13. The molecule has 0 bridgehead atoms. The fourth-order valence-corrected chi connectivity index (χ4v) is 4.77. The van der Waals surface area contributed by atoms with Crippen molar-refractivity contribution in [2.75, 3.05) is 19.0 Å². The van der Waals surface area contributed by atoms with Crippen molar-refractivity contribution in [1.29, 1.82) is 0 Å². The number of ketones is 1. The summed E-state index contributed by atoms with van der Waals surface area (Å²) in [7, 11) is 1.56. The summed E-state index contributed by atoms with van der Waals surface area (Å²) in [5.74, 6) is 0.0531. The lowest BCUT2D eigenvalue weighted by molar-refractivity contribution is 0.103. The number of carbonyl (C=O) groups is 1. The highest BCUT2D eigenvalue weighted by atomic mass is 16.5. The van der Waals surface area contributed by atoms with Gasteiger partial charge >= 0.3 is 5.69 Å². The van der Waals surface area contributed by atoms with E-state index in [9.17, 15) is 14.4 Å². The number of fused-ring (bicyclic) bond motifs is 3. The van der Waals surface area contributed by atoms with Crippen LogP contribution in [0.2, 0.25) is 0 Å². The molecule has 3 aromatic rings. The number of aromatic nitrogens is 2. The van der Waals surface area contributed by atoms with E-state index < -0.39 is 17.2 Å². The van der Waals surface area contributed by atoms with Crippen LogP contribution in [0.25, 0.3) is 5.70 Å². The number of nitrogens with one attached hydrogen (secondary N) is 2. The van der Waals surface area contributed by atoms with E-state index in [1.807, 2.05) is 42.5 Å². The highest BCUT2D eigenvalue weighted by Crippen LogP contribution is 2.47. The van der Waals surface area contributed by atoms with Gasteiger partial charge in [0.2, 0.25) is 0 Å². The highest BCUT2D eigenvalue weighted by Gasteiger charge is 2.42. The van der Waals surface area contributed by atoms with Gasteiger partial charge in [-0.3, -0.25) is 19.1 Å². The van der Waals surface area contributed by atoms with Gasteiger partial charge in [-0.25, -0.2) is 4.79 Å². The number of aromatic amines is 1. The van der Waals surface area contributed by atoms with Gasteiger partial charge in [-0.1, -0.05) is 62.4 Å². The number of carbonyl (C=O) groups excluding carboxylic acids is 1. The summed E-state index contributed by atoms with van der Waals surface area (Å²) in [4.78, 5) is 41.9. The Labute approximate surface area is 190 Å². The first-order chi connectivity index (χ1) is 15.9. The molecule has 0 spiro atoms. The zero-order chi connectivity index (χ0) is 23.3. The molecule has 0 fully saturated rings. The first kappa shape index (κ1) is 21.2. The molecule has 0 saturated heterocycles. The molecule has 2 N–H and O–H groups in total. The SMILES string of the molecule is COCCn1c2c(c(=O)[nH]c1=O)C(c1ccc(C(C)C)cc1)C1=C(N2)c2ccccc2C1=O. The van der Waals surface area contributed by atoms with Gasteiger partial charge in [0.05, 0.1) is 24.4 Å². The third-order valence-corrected chi connectivity index (χ3v) is 6.47. The van der Waals surface area contributed by atoms with Crippen molar-refractivity contribution >= 4 is 17.3 Å². The van der Waals surface area contributed by atoms with Crippen LogP contribution in [0.15, 0.2) is 63.7 Å². The van der Waals surface area contributed by atoms with Crippen LogP contribution in [0, 0.1) is 0 Å². The van der Waals surface area contributed by atoms with E-state index in [4.69, 9.17) is 4.74 Å². The van der Waals surface area contributed by atoms with Gasteiger partial charge in [0, 0.05) is 29.7 Å². The fraction of sp³-hybridized carbons (Fsp3) is 0.269. The number of H-pyrrole nitrogens is 1. The van der Waals surface area contributed by atoms with Crippen molar-refractivity contribution in [3.8, 4) is 0 Å². The number of rotatable bonds is 5. The molecule has 1 aliphatic heterocycles. The van der Waals surface area contributed by atoms with Crippen LogP contribution in [0.4, 0.5) is 5.82 Å². The molecule has 168 valence electrons. The Morgan fingerprint density at radius 2 is 1.70 bits per heavy atom. The van der Waals surface area contributed by atoms with Gasteiger partial charge < -0.3 is 10.1 Å². The number of methoxy groups -OCH3 is 1. The molecule has 1 aromatic heterocycles. The summed E-state index contributed by atoms with van der Waals surface area (Å²) in [6.45, 7) is 4.80. The number of nitrogens with zero attached hydrogens (tertiary/aromatic N) is 1. The van der Waals surface area contributed by atoms with E-state index in [1.54, 1.807) is 13.2 Å². The van der Waals surface area contributed by atoms with Crippen molar-refractivity contribution in [2.45, 2.75) is 32.2 Å². The molecule has 2 aliphatic rings. The third-order valence-electron chi connectivity index (χ3n) is 6.47. The van der Waals surface area contributed by atoms with Crippen LogP contribution in [0.5, 0.6) is 0 Å². The minimum atomic E-state index is -0.601. The topological polar surface area (TPSA) is 93.2 Å². The van der Waals surface area contributed by atoms with Crippen molar-refractivity contribution in [2.24, 2.45) is 0 Å². The van der Waals surface area contributed by atoms with Crippen LogP contribution in [0.3, 0.4) is 0 Å². The largest absolute Gasteiger partial charge is 0.383 e. The van der Waals surface area contributed by atoms with Crippen molar-refractivity contribution in [3.05, 3.63) is 103 Å². The van der Waals surface area contributed by atoms with Crippen LogP contribution >= 0.6 is 0 Å². The van der Waals surface area contributed by atoms with Crippen molar-refractivity contribution in [3.63, 3.8) is 0 Å². The van der Waals surface area contributed by atoms with Crippen LogP contribution in [-0.4, -0.2) is 29.1 Å². The predicted octanol–water partition coefficient (Wildman–Crippen LogP) is 3.47. The van der Waals surface area contributed by atoms with Gasteiger partial charge in [0.25, 0.3) is 5.56 Å². The number of benzene rings is 2. The van der Waals surface area contributed by atoms with E-state index in [1.165, 1.54) is 10.1 Å². The fourth-order valence-electron chi connectivity index (χ4n) is 4.77. The standard InChI is InChI=1S/C26H25N3O4/c1-14(2)15-8-10-16(11-9-15)19-20-22(17-6-4-5-7-18(17)23(20)30)27-24-21(19)25(31)28-26(32)29(24)12-13-33-3/h4-11,14,19,27H,12-13H2,1-3H3,(H,28,31,32). The summed E-state index contributed by atoms with van der Waals surface area (Å²) >= 11 is 0. The first-order valence-electron chi connectivity index (χ1n) is 11.0. The average molecular weight is 444 g/mol. The molecule has 1 aliphatic carbocycles. The van der Waals surface area contributed by atoms with Gasteiger partial charge in [-0.2, -0.15) is 0 Å².